The third-order valence-corrected chi connectivity index (χ3v) is 4.45. The molecule has 4 nitrogen and oxygen atoms in total. The van der Waals surface area contributed by atoms with E-state index in [9.17, 15) is 14.0 Å². The number of amides is 2. The molecule has 1 heterocycles. The summed E-state index contributed by atoms with van der Waals surface area (Å²) in [6.45, 7) is 7.09. The molecule has 0 aliphatic carbocycles. The Kier molecular flexibility index (Phi) is 7.74. The lowest BCUT2D eigenvalue weighted by molar-refractivity contribution is -0.133. The maximum atomic E-state index is 13.0. The summed E-state index contributed by atoms with van der Waals surface area (Å²) in [5.74, 6) is -0.591. The van der Waals surface area contributed by atoms with E-state index in [0.717, 1.165) is 24.1 Å². The first-order valence-electron chi connectivity index (χ1n) is 9.00. The van der Waals surface area contributed by atoms with E-state index in [2.05, 4.69) is 18.5 Å². The smallest absolute Gasteiger partial charge is 0.229 e. The summed E-state index contributed by atoms with van der Waals surface area (Å²) in [7, 11) is 0. The Labute approximate surface area is 159 Å². The number of nitrogens with zero attached hydrogens (tertiary/aromatic N) is 1. The van der Waals surface area contributed by atoms with Gasteiger partial charge in [-0.25, -0.2) is 4.39 Å². The van der Waals surface area contributed by atoms with Gasteiger partial charge in [0, 0.05) is 18.8 Å². The normalized spacial score (nSPS) is 16.0. The summed E-state index contributed by atoms with van der Waals surface area (Å²) in [6, 6.07) is 15.3. The fraction of sp³-hybridized carbons (Fsp3) is 0.273. The lowest BCUT2D eigenvalue weighted by Crippen LogP contribution is -2.44. The van der Waals surface area contributed by atoms with Crippen LogP contribution in [0, 0.1) is 11.7 Å². The lowest BCUT2D eigenvalue weighted by Gasteiger charge is -2.32. The van der Waals surface area contributed by atoms with Gasteiger partial charge in [-0.15, -0.1) is 13.2 Å². The van der Waals surface area contributed by atoms with Crippen LogP contribution in [0.3, 0.4) is 0 Å². The molecule has 0 radical (unpaired) electrons. The number of nitrogens with one attached hydrogen (secondary N) is 1. The van der Waals surface area contributed by atoms with Crippen molar-refractivity contribution in [2.24, 2.45) is 5.92 Å². The average molecular weight is 368 g/mol. The van der Waals surface area contributed by atoms with Gasteiger partial charge in [0.1, 0.15) is 5.82 Å². The Bertz CT molecular complexity index is 747. The van der Waals surface area contributed by atoms with Crippen molar-refractivity contribution in [2.75, 3.05) is 18.4 Å². The fourth-order valence-electron chi connectivity index (χ4n) is 3.07. The van der Waals surface area contributed by atoms with Crippen molar-refractivity contribution in [1.82, 2.24) is 4.90 Å². The maximum Gasteiger partial charge on any atom is 0.229 e. The Hall–Kier alpha value is -2.95. The summed E-state index contributed by atoms with van der Waals surface area (Å²) in [5, 5.41) is 2.91. The van der Waals surface area contributed by atoms with Gasteiger partial charge in [-0.3, -0.25) is 9.59 Å². The number of halogens is 1. The highest BCUT2D eigenvalue weighted by molar-refractivity contribution is 5.93. The van der Waals surface area contributed by atoms with E-state index >= 15 is 0 Å². The highest BCUT2D eigenvalue weighted by Crippen LogP contribution is 2.20. The molecule has 1 atom stereocenters. The number of para-hydroxylation sites is 1. The van der Waals surface area contributed by atoms with Gasteiger partial charge < -0.3 is 10.2 Å². The summed E-state index contributed by atoms with van der Waals surface area (Å²) in [4.78, 5) is 26.7. The molecular weight excluding hydrogens is 343 g/mol. The van der Waals surface area contributed by atoms with Crippen molar-refractivity contribution in [2.45, 2.75) is 19.3 Å². The van der Waals surface area contributed by atoms with Gasteiger partial charge in [-0.05, 0) is 42.7 Å². The molecule has 1 aliphatic rings. The van der Waals surface area contributed by atoms with Crippen molar-refractivity contribution >= 4 is 17.5 Å². The molecule has 2 aromatic carbocycles. The summed E-state index contributed by atoms with van der Waals surface area (Å²) in [5.41, 5.74) is 1.55. The highest BCUT2D eigenvalue weighted by Gasteiger charge is 2.28. The number of piperidine rings is 1. The van der Waals surface area contributed by atoms with Crippen LogP contribution < -0.4 is 5.32 Å². The van der Waals surface area contributed by atoms with Crippen molar-refractivity contribution in [3.63, 3.8) is 0 Å². The minimum atomic E-state index is -0.313. The molecule has 1 N–H and O–H groups in total. The molecule has 0 aromatic heterocycles. The minimum absolute atomic E-state index is 0.0242. The summed E-state index contributed by atoms with van der Waals surface area (Å²) < 4.78 is 13.0. The monoisotopic (exact) mass is 368 g/mol. The molecule has 0 saturated carbocycles. The minimum Gasteiger partial charge on any atom is -0.342 e. The molecule has 3 rings (SSSR count). The van der Waals surface area contributed by atoms with E-state index in [-0.39, 0.29) is 30.0 Å². The van der Waals surface area contributed by atoms with Crippen LogP contribution in [0.5, 0.6) is 0 Å². The van der Waals surface area contributed by atoms with E-state index in [1.807, 2.05) is 30.3 Å². The first-order valence-corrected chi connectivity index (χ1v) is 9.00. The predicted octanol–water partition coefficient (Wildman–Crippen LogP) is 4.05. The molecule has 1 fully saturated rings. The first-order chi connectivity index (χ1) is 13.1. The first kappa shape index (κ1) is 20.4. The Morgan fingerprint density at radius 1 is 1.07 bits per heavy atom. The van der Waals surface area contributed by atoms with Gasteiger partial charge in [0.05, 0.1) is 12.3 Å². The van der Waals surface area contributed by atoms with Crippen LogP contribution in [0.1, 0.15) is 18.4 Å². The number of carbonyl (C=O) groups is 2. The number of likely N-dealkylation sites (tertiary alicyclic amines) is 1. The van der Waals surface area contributed by atoms with Gasteiger partial charge in [0.2, 0.25) is 11.8 Å². The lowest BCUT2D eigenvalue weighted by atomic mass is 9.96. The van der Waals surface area contributed by atoms with Gasteiger partial charge in [0.15, 0.2) is 0 Å². The van der Waals surface area contributed by atoms with Crippen LogP contribution in [0.2, 0.25) is 0 Å². The van der Waals surface area contributed by atoms with Crippen LogP contribution in [-0.4, -0.2) is 29.8 Å². The van der Waals surface area contributed by atoms with Crippen molar-refractivity contribution in [3.05, 3.63) is 79.1 Å². The van der Waals surface area contributed by atoms with E-state index in [0.29, 0.717) is 13.1 Å². The standard InChI is InChI=1S/C20H21FN2O2.C2H4/c21-17-10-8-15(9-11-17)13-19(24)23-12-4-5-16(14-23)20(25)22-18-6-2-1-3-7-18;1-2/h1-3,6-11,16H,4-5,12-14H2,(H,22,25);1-2H2. The Morgan fingerprint density at radius 3 is 2.41 bits per heavy atom. The highest BCUT2D eigenvalue weighted by atomic mass is 19.1. The number of anilines is 1. The second-order valence-corrected chi connectivity index (χ2v) is 6.34. The molecule has 1 unspecified atom stereocenters. The van der Waals surface area contributed by atoms with E-state index in [1.54, 1.807) is 17.0 Å². The number of carbonyl (C=O) groups excluding carboxylic acids is 2. The van der Waals surface area contributed by atoms with Crippen molar-refractivity contribution in [1.29, 1.82) is 0 Å². The third kappa shape index (κ3) is 6.06. The molecular formula is C22H25FN2O2. The average Bonchev–Trinajstić information content (AvgIpc) is 2.72. The van der Waals surface area contributed by atoms with Crippen LogP contribution in [0.25, 0.3) is 0 Å². The zero-order valence-corrected chi connectivity index (χ0v) is 15.4. The molecule has 1 aliphatic heterocycles. The van der Waals surface area contributed by atoms with Crippen LogP contribution in [0.15, 0.2) is 67.8 Å². The quantitative estimate of drug-likeness (QED) is 0.828. The van der Waals surface area contributed by atoms with Crippen LogP contribution in [0.4, 0.5) is 10.1 Å². The van der Waals surface area contributed by atoms with Crippen LogP contribution in [-0.2, 0) is 16.0 Å². The molecule has 1 saturated heterocycles. The largest absolute Gasteiger partial charge is 0.342 e. The molecule has 142 valence electrons. The molecule has 2 aromatic rings. The SMILES string of the molecule is C=C.O=C(Nc1ccccc1)C1CCCN(C(=O)Cc2ccc(F)cc2)C1. The Morgan fingerprint density at radius 2 is 1.74 bits per heavy atom. The van der Waals surface area contributed by atoms with Crippen molar-refractivity contribution in [3.8, 4) is 0 Å². The zero-order chi connectivity index (χ0) is 19.6. The second kappa shape index (κ2) is 10.3. The Balaban J connectivity index is 0.00000126. The number of hydrogen-bond donors (Lipinski definition) is 1. The van der Waals surface area contributed by atoms with Gasteiger partial charge in [0.25, 0.3) is 0 Å². The predicted molar refractivity (Wildman–Crippen MR) is 106 cm³/mol. The van der Waals surface area contributed by atoms with Gasteiger partial charge >= 0.3 is 0 Å². The summed E-state index contributed by atoms with van der Waals surface area (Å²) >= 11 is 0. The molecule has 0 bridgehead atoms. The van der Waals surface area contributed by atoms with E-state index in [1.165, 1.54) is 12.1 Å². The molecule has 5 heteroatoms. The van der Waals surface area contributed by atoms with Crippen LogP contribution >= 0.6 is 0 Å². The maximum absolute atomic E-state index is 13.0. The zero-order valence-electron chi connectivity index (χ0n) is 15.4. The van der Waals surface area contributed by atoms with E-state index < -0.39 is 0 Å². The number of rotatable bonds is 4. The second-order valence-electron chi connectivity index (χ2n) is 6.34. The fourth-order valence-corrected chi connectivity index (χ4v) is 3.07. The van der Waals surface area contributed by atoms with Crippen molar-refractivity contribution < 1.29 is 14.0 Å². The third-order valence-electron chi connectivity index (χ3n) is 4.45. The molecule has 0 spiro atoms. The van der Waals surface area contributed by atoms with Gasteiger partial charge in [-0.1, -0.05) is 30.3 Å². The number of hydrogen-bond acceptors (Lipinski definition) is 2. The number of benzene rings is 2. The molecule has 2 amide bonds. The van der Waals surface area contributed by atoms with E-state index in [4.69, 9.17) is 0 Å². The topological polar surface area (TPSA) is 49.4 Å². The molecule has 27 heavy (non-hydrogen) atoms. The summed E-state index contributed by atoms with van der Waals surface area (Å²) in [6.07, 6.45) is 1.81. The van der Waals surface area contributed by atoms with Gasteiger partial charge in [-0.2, -0.15) is 0 Å².